The van der Waals surface area contributed by atoms with Crippen molar-refractivity contribution in [2.45, 2.75) is 18.9 Å². The number of nitrogens with zero attached hydrogens (tertiary/aromatic N) is 2. The monoisotopic (exact) mass is 297 g/mol. The number of anilines is 1. The summed E-state index contributed by atoms with van der Waals surface area (Å²) in [7, 11) is 1.99. The molecule has 0 aliphatic carbocycles. The van der Waals surface area contributed by atoms with Crippen molar-refractivity contribution in [1.29, 1.82) is 0 Å². The van der Waals surface area contributed by atoms with Crippen molar-refractivity contribution in [3.63, 3.8) is 0 Å². The maximum absolute atomic E-state index is 13.7. The molecule has 1 aliphatic rings. The fourth-order valence-corrected chi connectivity index (χ4v) is 2.37. The van der Waals surface area contributed by atoms with Gasteiger partial charge in [-0.3, -0.25) is 10.1 Å². The van der Waals surface area contributed by atoms with Gasteiger partial charge in [0, 0.05) is 18.2 Å². The molecule has 0 bridgehead atoms. The Morgan fingerprint density at radius 3 is 2.62 bits per heavy atom. The van der Waals surface area contributed by atoms with Gasteiger partial charge in [-0.25, -0.2) is 9.18 Å². The van der Waals surface area contributed by atoms with Gasteiger partial charge in [-0.05, 0) is 33.0 Å². The van der Waals surface area contributed by atoms with E-state index in [0.717, 1.165) is 38.1 Å². The number of likely N-dealkylation sites (tertiary alicyclic amines) is 1. The first-order chi connectivity index (χ1) is 9.88. The molecule has 1 saturated heterocycles. The smallest absolute Gasteiger partial charge is 0.338 e. The molecule has 0 aromatic heterocycles. The van der Waals surface area contributed by atoms with Gasteiger partial charge in [0.25, 0.3) is 5.69 Å². The van der Waals surface area contributed by atoms with Gasteiger partial charge in [-0.1, -0.05) is 0 Å². The number of hydrogen-bond acceptors (Lipinski definition) is 5. The summed E-state index contributed by atoms with van der Waals surface area (Å²) in [5, 5.41) is 22.8. The number of nitrogens with one attached hydrogen (secondary N) is 1. The van der Waals surface area contributed by atoms with Gasteiger partial charge in [0.05, 0.1) is 4.92 Å². The second kappa shape index (κ2) is 6.04. The molecule has 0 spiro atoms. The van der Waals surface area contributed by atoms with Crippen LogP contribution >= 0.6 is 0 Å². The number of halogens is 1. The zero-order valence-electron chi connectivity index (χ0n) is 11.5. The molecular weight excluding hydrogens is 281 g/mol. The van der Waals surface area contributed by atoms with Crippen LogP contribution in [0, 0.1) is 15.9 Å². The minimum Gasteiger partial charge on any atom is -0.478 e. The third-order valence-corrected chi connectivity index (χ3v) is 3.59. The number of nitro groups is 1. The van der Waals surface area contributed by atoms with Crippen molar-refractivity contribution in [2.75, 3.05) is 25.5 Å². The van der Waals surface area contributed by atoms with E-state index in [1.165, 1.54) is 0 Å². The third-order valence-electron chi connectivity index (χ3n) is 3.59. The first-order valence-corrected chi connectivity index (χ1v) is 6.55. The Morgan fingerprint density at radius 1 is 1.48 bits per heavy atom. The third kappa shape index (κ3) is 3.46. The van der Waals surface area contributed by atoms with E-state index in [9.17, 15) is 19.3 Å². The molecule has 8 heteroatoms. The van der Waals surface area contributed by atoms with Crippen molar-refractivity contribution in [2.24, 2.45) is 0 Å². The van der Waals surface area contributed by atoms with E-state index in [-0.39, 0.29) is 11.7 Å². The molecule has 1 heterocycles. The van der Waals surface area contributed by atoms with E-state index in [1.54, 1.807) is 0 Å². The second-order valence-electron chi connectivity index (χ2n) is 5.13. The number of rotatable bonds is 4. The average Bonchev–Trinajstić information content (AvgIpc) is 2.40. The highest BCUT2D eigenvalue weighted by Gasteiger charge is 2.24. The maximum atomic E-state index is 13.7. The van der Waals surface area contributed by atoms with Crippen LogP contribution in [-0.4, -0.2) is 47.1 Å². The number of hydrogen-bond donors (Lipinski definition) is 2. The molecule has 2 rings (SSSR count). The van der Waals surface area contributed by atoms with Crippen molar-refractivity contribution in [3.8, 4) is 0 Å². The normalized spacial score (nSPS) is 16.7. The highest BCUT2D eigenvalue weighted by molar-refractivity contribution is 5.90. The summed E-state index contributed by atoms with van der Waals surface area (Å²) >= 11 is 0. The molecule has 1 fully saturated rings. The summed E-state index contributed by atoms with van der Waals surface area (Å²) in [4.78, 5) is 23.3. The minimum atomic E-state index is -1.53. The highest BCUT2D eigenvalue weighted by atomic mass is 19.1. The topological polar surface area (TPSA) is 95.7 Å². The number of carbonyl (C=O) groups is 1. The van der Waals surface area contributed by atoms with E-state index < -0.39 is 28.0 Å². The Kier molecular flexibility index (Phi) is 4.37. The van der Waals surface area contributed by atoms with Gasteiger partial charge in [0.2, 0.25) is 0 Å². The Hall–Kier alpha value is -2.22. The maximum Gasteiger partial charge on any atom is 0.338 e. The molecule has 114 valence electrons. The van der Waals surface area contributed by atoms with Crippen LogP contribution < -0.4 is 5.32 Å². The molecular formula is C13H16FN3O4. The van der Waals surface area contributed by atoms with Gasteiger partial charge in [-0.15, -0.1) is 0 Å². The molecule has 0 amide bonds. The van der Waals surface area contributed by atoms with Crippen LogP contribution in [0.15, 0.2) is 12.1 Å². The molecule has 1 aromatic rings. The van der Waals surface area contributed by atoms with Crippen LogP contribution in [0.5, 0.6) is 0 Å². The van der Waals surface area contributed by atoms with Crippen molar-refractivity contribution >= 4 is 17.3 Å². The van der Waals surface area contributed by atoms with Crippen LogP contribution in [0.4, 0.5) is 15.8 Å². The summed E-state index contributed by atoms with van der Waals surface area (Å²) in [5.74, 6) is -2.51. The number of nitro benzene ring substituents is 1. The van der Waals surface area contributed by atoms with Crippen molar-refractivity contribution in [3.05, 3.63) is 33.6 Å². The summed E-state index contributed by atoms with van der Waals surface area (Å²) in [5.41, 5.74) is -1.10. The second-order valence-corrected chi connectivity index (χ2v) is 5.13. The van der Waals surface area contributed by atoms with E-state index in [1.807, 2.05) is 7.05 Å². The Labute approximate surface area is 120 Å². The summed E-state index contributed by atoms with van der Waals surface area (Å²) in [6.07, 6.45) is 1.58. The predicted molar refractivity (Wildman–Crippen MR) is 74.2 cm³/mol. The van der Waals surface area contributed by atoms with Gasteiger partial charge < -0.3 is 15.3 Å². The van der Waals surface area contributed by atoms with E-state index >= 15 is 0 Å². The van der Waals surface area contributed by atoms with Crippen LogP contribution in [0.3, 0.4) is 0 Å². The zero-order chi connectivity index (χ0) is 15.6. The lowest BCUT2D eigenvalue weighted by atomic mass is 10.0. The highest BCUT2D eigenvalue weighted by Crippen LogP contribution is 2.29. The molecule has 2 N–H and O–H groups in total. The fourth-order valence-electron chi connectivity index (χ4n) is 2.37. The largest absolute Gasteiger partial charge is 0.478 e. The van der Waals surface area contributed by atoms with E-state index in [4.69, 9.17) is 5.11 Å². The molecule has 0 atom stereocenters. The molecule has 7 nitrogen and oxygen atoms in total. The SMILES string of the molecule is CN1CCC(Nc2cc(F)c(C(=O)O)cc2[N+](=O)[O-])CC1. The quantitative estimate of drug-likeness (QED) is 0.651. The van der Waals surface area contributed by atoms with Gasteiger partial charge in [-0.2, -0.15) is 0 Å². The van der Waals surface area contributed by atoms with Crippen molar-refractivity contribution in [1.82, 2.24) is 4.90 Å². The Balaban J connectivity index is 2.27. The minimum absolute atomic E-state index is 0.00924. The number of carboxylic acids is 1. The van der Waals surface area contributed by atoms with Crippen LogP contribution in [0.1, 0.15) is 23.2 Å². The van der Waals surface area contributed by atoms with Crippen LogP contribution in [0.25, 0.3) is 0 Å². The number of piperidine rings is 1. The zero-order valence-corrected chi connectivity index (χ0v) is 11.5. The first-order valence-electron chi connectivity index (χ1n) is 6.55. The predicted octanol–water partition coefficient (Wildman–Crippen LogP) is 1.94. The number of benzene rings is 1. The standard InChI is InChI=1S/C13H16FN3O4/c1-16-4-2-8(3-5-16)15-11-7-10(14)9(13(18)19)6-12(11)17(20)21/h6-8,15H,2-5H2,1H3,(H,18,19). The van der Waals surface area contributed by atoms with Crippen LogP contribution in [-0.2, 0) is 0 Å². The summed E-state index contributed by atoms with van der Waals surface area (Å²) < 4.78 is 13.7. The first kappa shape index (κ1) is 15.2. The van der Waals surface area contributed by atoms with E-state index in [0.29, 0.717) is 0 Å². The number of carboxylic acid groups (broad SMARTS) is 1. The lowest BCUT2D eigenvalue weighted by Crippen LogP contribution is -2.36. The fraction of sp³-hybridized carbons (Fsp3) is 0.462. The molecule has 1 aromatic carbocycles. The summed E-state index contributed by atoms with van der Waals surface area (Å²) in [6.45, 7) is 1.70. The van der Waals surface area contributed by atoms with Gasteiger partial charge >= 0.3 is 5.97 Å². The Morgan fingerprint density at radius 2 is 2.10 bits per heavy atom. The lowest BCUT2D eigenvalue weighted by Gasteiger charge is -2.30. The molecule has 0 unspecified atom stereocenters. The van der Waals surface area contributed by atoms with Crippen LogP contribution in [0.2, 0.25) is 0 Å². The van der Waals surface area contributed by atoms with Gasteiger partial charge in [0.15, 0.2) is 0 Å². The average molecular weight is 297 g/mol. The van der Waals surface area contributed by atoms with Gasteiger partial charge in [0.1, 0.15) is 17.1 Å². The molecule has 21 heavy (non-hydrogen) atoms. The summed E-state index contributed by atoms with van der Waals surface area (Å²) in [6, 6.07) is 1.66. The Bertz CT molecular complexity index is 571. The number of aromatic carboxylic acids is 1. The molecule has 0 saturated carbocycles. The van der Waals surface area contributed by atoms with E-state index in [2.05, 4.69) is 10.2 Å². The molecule has 1 aliphatic heterocycles. The van der Waals surface area contributed by atoms with Crippen molar-refractivity contribution < 1.29 is 19.2 Å². The lowest BCUT2D eigenvalue weighted by molar-refractivity contribution is -0.384. The molecule has 0 radical (unpaired) electrons.